The summed E-state index contributed by atoms with van der Waals surface area (Å²) in [4.78, 5) is 23.8. The van der Waals surface area contributed by atoms with Crippen LogP contribution in [0.1, 0.15) is 34.8 Å². The molecule has 124 valence electrons. The van der Waals surface area contributed by atoms with Crippen molar-refractivity contribution in [1.82, 2.24) is 5.32 Å². The maximum Gasteiger partial charge on any atom is 0.342 e. The molecule has 0 fully saturated rings. The number of para-hydroxylation sites is 1. The lowest BCUT2D eigenvalue weighted by Gasteiger charge is -2.11. The second-order valence-electron chi connectivity index (χ2n) is 5.44. The molecule has 1 aromatic carbocycles. The van der Waals surface area contributed by atoms with Crippen LogP contribution in [0, 0.1) is 6.92 Å². The molecular weight excluding hydrogens is 310 g/mol. The maximum absolute atomic E-state index is 11.9. The number of carbonyl (C=O) groups is 2. The second kappa shape index (κ2) is 6.62. The van der Waals surface area contributed by atoms with Crippen molar-refractivity contribution in [2.45, 2.75) is 19.9 Å². The number of esters is 1. The lowest BCUT2D eigenvalue weighted by molar-refractivity contribution is -0.125. The Balaban J connectivity index is 1.56. The minimum atomic E-state index is -0.590. The smallest absolute Gasteiger partial charge is 0.342 e. The molecule has 1 amide bonds. The minimum absolute atomic E-state index is 0.313. The van der Waals surface area contributed by atoms with Crippen LogP contribution < -0.4 is 5.32 Å². The summed E-state index contributed by atoms with van der Waals surface area (Å²) < 4.78 is 15.7. The first-order chi connectivity index (χ1) is 11.5. The van der Waals surface area contributed by atoms with Crippen molar-refractivity contribution < 1.29 is 23.2 Å². The lowest BCUT2D eigenvalue weighted by Crippen LogP contribution is -2.31. The predicted octanol–water partition coefficient (Wildman–Crippen LogP) is 3.37. The predicted molar refractivity (Wildman–Crippen MR) is 86.5 cm³/mol. The number of hydrogen-bond donors (Lipinski definition) is 1. The van der Waals surface area contributed by atoms with Crippen LogP contribution in [0.4, 0.5) is 0 Å². The summed E-state index contributed by atoms with van der Waals surface area (Å²) in [6.07, 6.45) is 1.40. The lowest BCUT2D eigenvalue weighted by atomic mass is 10.2. The average molecular weight is 327 g/mol. The molecule has 3 rings (SSSR count). The SMILES string of the molecule is Cc1occc1C(=O)OCC(=O)N[C@H](C)c1cc2ccccc2o1. The van der Waals surface area contributed by atoms with E-state index in [1.54, 1.807) is 13.8 Å². The number of hydrogen-bond acceptors (Lipinski definition) is 5. The molecular formula is C18H17NO5. The highest BCUT2D eigenvalue weighted by molar-refractivity contribution is 5.92. The van der Waals surface area contributed by atoms with Gasteiger partial charge in [0, 0.05) is 5.39 Å². The Bertz CT molecular complexity index is 843. The molecule has 0 saturated carbocycles. The van der Waals surface area contributed by atoms with Crippen LogP contribution in [-0.4, -0.2) is 18.5 Å². The topological polar surface area (TPSA) is 81.7 Å². The van der Waals surface area contributed by atoms with Gasteiger partial charge in [0.2, 0.25) is 0 Å². The molecule has 6 heteroatoms. The highest BCUT2D eigenvalue weighted by Gasteiger charge is 2.17. The Kier molecular flexibility index (Phi) is 4.37. The van der Waals surface area contributed by atoms with Gasteiger partial charge in [0.25, 0.3) is 5.91 Å². The third-order valence-corrected chi connectivity index (χ3v) is 3.66. The van der Waals surface area contributed by atoms with E-state index in [0.29, 0.717) is 17.1 Å². The van der Waals surface area contributed by atoms with Crippen LogP contribution in [0.25, 0.3) is 11.0 Å². The number of nitrogens with one attached hydrogen (secondary N) is 1. The summed E-state index contributed by atoms with van der Waals surface area (Å²) in [5.41, 5.74) is 1.07. The van der Waals surface area contributed by atoms with Crippen molar-refractivity contribution >= 4 is 22.8 Å². The van der Waals surface area contributed by atoms with E-state index in [0.717, 1.165) is 11.0 Å². The van der Waals surface area contributed by atoms with Gasteiger partial charge in [-0.2, -0.15) is 0 Å². The number of amides is 1. The van der Waals surface area contributed by atoms with Crippen LogP contribution in [-0.2, 0) is 9.53 Å². The summed E-state index contributed by atoms with van der Waals surface area (Å²) >= 11 is 0. The Morgan fingerprint density at radius 1 is 1.25 bits per heavy atom. The molecule has 3 aromatic rings. The zero-order chi connectivity index (χ0) is 17.1. The fourth-order valence-corrected chi connectivity index (χ4v) is 2.38. The molecule has 0 saturated heterocycles. The van der Waals surface area contributed by atoms with Gasteiger partial charge in [0.15, 0.2) is 6.61 Å². The monoisotopic (exact) mass is 327 g/mol. The quantitative estimate of drug-likeness (QED) is 0.727. The zero-order valence-corrected chi connectivity index (χ0v) is 13.4. The van der Waals surface area contributed by atoms with Gasteiger partial charge >= 0.3 is 5.97 Å². The normalized spacial score (nSPS) is 12.1. The first-order valence-corrected chi connectivity index (χ1v) is 7.53. The molecule has 0 spiro atoms. The highest BCUT2D eigenvalue weighted by atomic mass is 16.5. The van der Waals surface area contributed by atoms with Crippen LogP contribution in [0.15, 0.2) is 51.5 Å². The number of benzene rings is 1. The van der Waals surface area contributed by atoms with Crippen molar-refractivity contribution in [3.8, 4) is 0 Å². The number of furan rings is 2. The molecule has 1 atom stereocenters. The van der Waals surface area contributed by atoms with Crippen molar-refractivity contribution in [1.29, 1.82) is 0 Å². The number of carbonyl (C=O) groups excluding carboxylic acids is 2. The van der Waals surface area contributed by atoms with Gasteiger partial charge in [-0.1, -0.05) is 18.2 Å². The molecule has 0 aliphatic rings. The van der Waals surface area contributed by atoms with Gasteiger partial charge in [0.05, 0.1) is 12.3 Å². The fraction of sp³-hybridized carbons (Fsp3) is 0.222. The van der Waals surface area contributed by atoms with Gasteiger partial charge in [-0.25, -0.2) is 4.79 Å². The molecule has 0 aliphatic carbocycles. The average Bonchev–Trinajstić information content (AvgIpc) is 3.18. The third-order valence-electron chi connectivity index (χ3n) is 3.66. The van der Waals surface area contributed by atoms with Crippen LogP contribution in [0.5, 0.6) is 0 Å². The molecule has 0 radical (unpaired) electrons. The molecule has 6 nitrogen and oxygen atoms in total. The van der Waals surface area contributed by atoms with Gasteiger partial charge in [0.1, 0.15) is 22.7 Å². The van der Waals surface area contributed by atoms with Gasteiger partial charge < -0.3 is 18.9 Å². The Labute approximate surface area is 138 Å². The number of ether oxygens (including phenoxy) is 1. The third kappa shape index (κ3) is 3.32. The van der Waals surface area contributed by atoms with Crippen molar-refractivity contribution in [3.63, 3.8) is 0 Å². The van der Waals surface area contributed by atoms with E-state index in [2.05, 4.69) is 5.32 Å². The summed E-state index contributed by atoms with van der Waals surface area (Å²) in [6.45, 7) is 3.09. The van der Waals surface area contributed by atoms with Crippen LogP contribution >= 0.6 is 0 Å². The van der Waals surface area contributed by atoms with E-state index >= 15 is 0 Å². The molecule has 2 aromatic heterocycles. The van der Waals surface area contributed by atoms with Crippen molar-refractivity contribution in [2.75, 3.05) is 6.61 Å². The number of aryl methyl sites for hydroxylation is 1. The van der Waals surface area contributed by atoms with Gasteiger partial charge in [-0.05, 0) is 32.0 Å². The molecule has 0 unspecified atom stereocenters. The molecule has 0 aliphatic heterocycles. The first kappa shape index (κ1) is 15.9. The summed E-state index contributed by atoms with van der Waals surface area (Å²) in [7, 11) is 0. The fourth-order valence-electron chi connectivity index (χ4n) is 2.38. The first-order valence-electron chi connectivity index (χ1n) is 7.53. The van der Waals surface area contributed by atoms with Crippen LogP contribution in [0.2, 0.25) is 0 Å². The largest absolute Gasteiger partial charge is 0.469 e. The van der Waals surface area contributed by atoms with E-state index in [9.17, 15) is 9.59 Å². The molecule has 1 N–H and O–H groups in total. The molecule has 0 bridgehead atoms. The maximum atomic E-state index is 11.9. The van der Waals surface area contributed by atoms with Crippen molar-refractivity contribution in [2.24, 2.45) is 0 Å². The van der Waals surface area contributed by atoms with E-state index < -0.39 is 11.9 Å². The summed E-state index contributed by atoms with van der Waals surface area (Å²) in [6, 6.07) is 10.7. The van der Waals surface area contributed by atoms with Gasteiger partial charge in [-0.3, -0.25) is 4.79 Å². The number of fused-ring (bicyclic) bond motifs is 1. The zero-order valence-electron chi connectivity index (χ0n) is 13.4. The summed E-state index contributed by atoms with van der Waals surface area (Å²) in [5, 5.41) is 3.71. The molecule has 24 heavy (non-hydrogen) atoms. The minimum Gasteiger partial charge on any atom is -0.469 e. The second-order valence-corrected chi connectivity index (χ2v) is 5.44. The number of rotatable bonds is 5. The Hall–Kier alpha value is -3.02. The Morgan fingerprint density at radius 2 is 2.04 bits per heavy atom. The van der Waals surface area contributed by atoms with Gasteiger partial charge in [-0.15, -0.1) is 0 Å². The van der Waals surface area contributed by atoms with E-state index in [1.165, 1.54) is 12.3 Å². The molecule has 2 heterocycles. The standard InChI is InChI=1S/C18H17NO5/c1-11(16-9-13-5-3-4-6-15(13)24-16)19-17(20)10-23-18(21)14-7-8-22-12(14)2/h3-9,11H,10H2,1-2H3,(H,19,20)/t11-/m1/s1. The van der Waals surface area contributed by atoms with E-state index in [-0.39, 0.29) is 12.6 Å². The van der Waals surface area contributed by atoms with Crippen LogP contribution in [0.3, 0.4) is 0 Å². The van der Waals surface area contributed by atoms with E-state index in [1.807, 2.05) is 30.3 Å². The Morgan fingerprint density at radius 3 is 2.75 bits per heavy atom. The van der Waals surface area contributed by atoms with Crippen molar-refractivity contribution in [3.05, 3.63) is 59.7 Å². The highest BCUT2D eigenvalue weighted by Crippen LogP contribution is 2.23. The summed E-state index contributed by atoms with van der Waals surface area (Å²) in [5.74, 6) is 0.0999. The van der Waals surface area contributed by atoms with E-state index in [4.69, 9.17) is 13.6 Å².